The van der Waals surface area contributed by atoms with Gasteiger partial charge >= 0.3 is 0 Å². The topological polar surface area (TPSA) is 61.2 Å². The van der Waals surface area contributed by atoms with E-state index in [1.165, 1.54) is 0 Å². The highest BCUT2D eigenvalue weighted by molar-refractivity contribution is 5.98. The van der Waals surface area contributed by atoms with Gasteiger partial charge in [-0.2, -0.15) is 5.26 Å². The molecule has 17 heavy (non-hydrogen) atoms. The van der Waals surface area contributed by atoms with Crippen LogP contribution in [0.1, 0.15) is 18.4 Å². The van der Waals surface area contributed by atoms with Gasteiger partial charge in [0.15, 0.2) is 0 Å². The molecule has 0 radical (unpaired) electrons. The predicted octanol–water partition coefficient (Wildman–Crippen LogP) is 1.27. The first-order valence-electron chi connectivity index (χ1n) is 5.51. The van der Waals surface area contributed by atoms with Crippen LogP contribution in [0.2, 0.25) is 0 Å². The summed E-state index contributed by atoms with van der Waals surface area (Å²) in [6, 6.07) is 10.6. The van der Waals surface area contributed by atoms with E-state index < -0.39 is 6.04 Å². The summed E-state index contributed by atoms with van der Waals surface area (Å²) in [5, 5.41) is 8.87. The summed E-state index contributed by atoms with van der Waals surface area (Å²) >= 11 is 0. The van der Waals surface area contributed by atoms with Gasteiger partial charge in [-0.3, -0.25) is 14.5 Å². The maximum Gasteiger partial charge on any atom is 0.234 e. The highest BCUT2D eigenvalue weighted by atomic mass is 16.2. The standard InChI is InChI=1S/C13H12N2O2/c14-9-11-6-7-12(16)15(11)13(17)8-10-4-2-1-3-5-10/h1-5,11H,6-8H2. The molecule has 1 aromatic carbocycles. The summed E-state index contributed by atoms with van der Waals surface area (Å²) in [6.07, 6.45) is 0.916. The zero-order valence-corrected chi connectivity index (χ0v) is 9.30. The molecular weight excluding hydrogens is 216 g/mol. The lowest BCUT2D eigenvalue weighted by Crippen LogP contribution is -2.38. The molecule has 1 saturated heterocycles. The lowest BCUT2D eigenvalue weighted by Gasteiger charge is -2.17. The van der Waals surface area contributed by atoms with Crippen LogP contribution in [0.15, 0.2) is 30.3 Å². The van der Waals surface area contributed by atoms with E-state index in [1.54, 1.807) is 0 Å². The molecule has 1 aliphatic heterocycles. The molecule has 2 amide bonds. The number of carbonyl (C=O) groups is 2. The Morgan fingerprint density at radius 3 is 2.76 bits per heavy atom. The summed E-state index contributed by atoms with van der Waals surface area (Å²) in [5.74, 6) is -0.525. The first-order chi connectivity index (χ1) is 8.22. The zero-order valence-electron chi connectivity index (χ0n) is 9.30. The fraction of sp³-hybridized carbons (Fsp3) is 0.308. The van der Waals surface area contributed by atoms with Crippen molar-refractivity contribution in [2.45, 2.75) is 25.3 Å². The minimum Gasteiger partial charge on any atom is -0.274 e. The van der Waals surface area contributed by atoms with Gasteiger partial charge in [0.25, 0.3) is 0 Å². The van der Waals surface area contributed by atoms with Crippen LogP contribution in [-0.2, 0) is 16.0 Å². The highest BCUT2D eigenvalue weighted by Crippen LogP contribution is 2.19. The summed E-state index contributed by atoms with van der Waals surface area (Å²) in [4.78, 5) is 24.6. The molecule has 4 nitrogen and oxygen atoms in total. The van der Waals surface area contributed by atoms with Gasteiger partial charge in [-0.15, -0.1) is 0 Å². The fourth-order valence-corrected chi connectivity index (χ4v) is 1.97. The predicted molar refractivity (Wildman–Crippen MR) is 60.6 cm³/mol. The fourth-order valence-electron chi connectivity index (χ4n) is 1.97. The Hall–Kier alpha value is -2.15. The van der Waals surface area contributed by atoms with Crippen molar-refractivity contribution in [3.63, 3.8) is 0 Å². The SMILES string of the molecule is N#CC1CCC(=O)N1C(=O)Cc1ccccc1. The van der Waals surface area contributed by atoms with Crippen molar-refractivity contribution in [2.75, 3.05) is 0 Å². The average Bonchev–Trinajstić information content (AvgIpc) is 2.71. The molecule has 1 aromatic rings. The van der Waals surface area contributed by atoms with Crippen molar-refractivity contribution >= 4 is 11.8 Å². The lowest BCUT2D eigenvalue weighted by molar-refractivity contribution is -0.142. The molecule has 86 valence electrons. The van der Waals surface area contributed by atoms with Crippen LogP contribution in [0.25, 0.3) is 0 Å². The number of imide groups is 1. The summed E-state index contributed by atoms with van der Waals surface area (Å²) in [6.45, 7) is 0. The average molecular weight is 228 g/mol. The van der Waals surface area contributed by atoms with Crippen LogP contribution < -0.4 is 0 Å². The minimum atomic E-state index is -0.585. The van der Waals surface area contributed by atoms with E-state index in [4.69, 9.17) is 5.26 Å². The van der Waals surface area contributed by atoms with E-state index in [9.17, 15) is 9.59 Å². The maximum absolute atomic E-state index is 11.9. The Bertz CT molecular complexity index is 476. The van der Waals surface area contributed by atoms with Gasteiger partial charge in [0, 0.05) is 6.42 Å². The third kappa shape index (κ3) is 2.34. The molecule has 0 spiro atoms. The molecule has 0 bridgehead atoms. The van der Waals surface area contributed by atoms with Crippen LogP contribution in [0, 0.1) is 11.3 Å². The van der Waals surface area contributed by atoms with Gasteiger partial charge in [0.1, 0.15) is 6.04 Å². The molecule has 0 aliphatic carbocycles. The van der Waals surface area contributed by atoms with Crippen LogP contribution >= 0.6 is 0 Å². The third-order valence-electron chi connectivity index (χ3n) is 2.83. The Balaban J connectivity index is 2.10. The monoisotopic (exact) mass is 228 g/mol. The molecule has 0 aromatic heterocycles. The molecule has 1 aliphatic rings. The largest absolute Gasteiger partial charge is 0.274 e. The van der Waals surface area contributed by atoms with Crippen LogP contribution in [0.5, 0.6) is 0 Å². The Morgan fingerprint density at radius 2 is 2.12 bits per heavy atom. The number of carbonyl (C=O) groups excluding carboxylic acids is 2. The zero-order chi connectivity index (χ0) is 12.3. The van der Waals surface area contributed by atoms with Crippen molar-refractivity contribution in [1.29, 1.82) is 5.26 Å². The van der Waals surface area contributed by atoms with E-state index in [0.717, 1.165) is 10.5 Å². The number of likely N-dealkylation sites (tertiary alicyclic amines) is 1. The normalized spacial score (nSPS) is 19.1. The maximum atomic E-state index is 11.9. The van der Waals surface area contributed by atoms with Crippen molar-refractivity contribution in [3.05, 3.63) is 35.9 Å². The number of nitrogens with zero attached hydrogens (tertiary/aromatic N) is 2. The number of hydrogen-bond donors (Lipinski definition) is 0. The Morgan fingerprint density at radius 1 is 1.41 bits per heavy atom. The van der Waals surface area contributed by atoms with Crippen molar-refractivity contribution in [3.8, 4) is 6.07 Å². The Labute approximate surface area is 99.5 Å². The van der Waals surface area contributed by atoms with E-state index in [2.05, 4.69) is 0 Å². The second-order valence-electron chi connectivity index (χ2n) is 4.00. The summed E-state index contributed by atoms with van der Waals surface area (Å²) < 4.78 is 0. The summed E-state index contributed by atoms with van der Waals surface area (Å²) in [5.41, 5.74) is 0.855. The first-order valence-corrected chi connectivity index (χ1v) is 5.51. The quantitative estimate of drug-likeness (QED) is 0.765. The van der Waals surface area contributed by atoms with Gasteiger partial charge < -0.3 is 0 Å². The number of amides is 2. The van der Waals surface area contributed by atoms with E-state index in [1.807, 2.05) is 36.4 Å². The minimum absolute atomic E-state index is 0.171. The number of rotatable bonds is 2. The second kappa shape index (κ2) is 4.79. The molecule has 0 saturated carbocycles. The van der Waals surface area contributed by atoms with Crippen molar-refractivity contribution in [1.82, 2.24) is 4.90 Å². The van der Waals surface area contributed by atoms with Gasteiger partial charge in [-0.25, -0.2) is 0 Å². The molecule has 1 fully saturated rings. The number of benzene rings is 1. The molecule has 1 heterocycles. The van der Waals surface area contributed by atoms with Crippen LogP contribution in [0.3, 0.4) is 0 Å². The third-order valence-corrected chi connectivity index (χ3v) is 2.83. The van der Waals surface area contributed by atoms with E-state index >= 15 is 0 Å². The first kappa shape index (κ1) is 11.3. The second-order valence-corrected chi connectivity index (χ2v) is 4.00. The molecule has 4 heteroatoms. The molecular formula is C13H12N2O2. The van der Waals surface area contributed by atoms with Gasteiger partial charge in [0.2, 0.25) is 11.8 Å². The van der Waals surface area contributed by atoms with Crippen LogP contribution in [0.4, 0.5) is 0 Å². The van der Waals surface area contributed by atoms with Crippen LogP contribution in [-0.4, -0.2) is 22.8 Å². The number of nitriles is 1. The Kier molecular flexibility index (Phi) is 3.20. The van der Waals surface area contributed by atoms with Gasteiger partial charge in [-0.05, 0) is 12.0 Å². The lowest BCUT2D eigenvalue weighted by atomic mass is 10.1. The molecule has 2 rings (SSSR count). The van der Waals surface area contributed by atoms with E-state index in [-0.39, 0.29) is 18.2 Å². The van der Waals surface area contributed by atoms with E-state index in [0.29, 0.717) is 12.8 Å². The van der Waals surface area contributed by atoms with Gasteiger partial charge in [0.05, 0.1) is 12.5 Å². The molecule has 1 unspecified atom stereocenters. The van der Waals surface area contributed by atoms with Gasteiger partial charge in [-0.1, -0.05) is 30.3 Å². The van der Waals surface area contributed by atoms with Crippen molar-refractivity contribution < 1.29 is 9.59 Å². The molecule has 1 atom stereocenters. The number of hydrogen-bond acceptors (Lipinski definition) is 3. The smallest absolute Gasteiger partial charge is 0.234 e. The van der Waals surface area contributed by atoms with Crippen molar-refractivity contribution in [2.24, 2.45) is 0 Å². The highest BCUT2D eigenvalue weighted by Gasteiger charge is 2.35. The molecule has 0 N–H and O–H groups in total. The summed E-state index contributed by atoms with van der Waals surface area (Å²) in [7, 11) is 0.